The standard InChI is InChI=1S/C11H17N3O3/c1-13-6-9(5-12-13)7-14-3-4-17-8-10(14)11(15)16-2/h5-6,10H,3-4,7-8H2,1-2H3. The molecule has 1 saturated heterocycles. The van der Waals surface area contributed by atoms with Crippen LogP contribution < -0.4 is 0 Å². The van der Waals surface area contributed by atoms with Crippen LogP contribution in [0.15, 0.2) is 12.4 Å². The quantitative estimate of drug-likeness (QED) is 0.683. The van der Waals surface area contributed by atoms with E-state index in [1.807, 2.05) is 19.4 Å². The number of nitrogens with zero attached hydrogens (tertiary/aromatic N) is 3. The van der Waals surface area contributed by atoms with Gasteiger partial charge in [0.25, 0.3) is 0 Å². The summed E-state index contributed by atoms with van der Waals surface area (Å²) < 4.78 is 11.8. The van der Waals surface area contributed by atoms with Gasteiger partial charge in [-0.3, -0.25) is 14.4 Å². The molecule has 0 saturated carbocycles. The van der Waals surface area contributed by atoms with Crippen molar-refractivity contribution in [2.45, 2.75) is 12.6 Å². The van der Waals surface area contributed by atoms with Crippen LogP contribution in [-0.2, 0) is 27.9 Å². The first-order chi connectivity index (χ1) is 8.20. The average Bonchev–Trinajstić information content (AvgIpc) is 2.74. The fourth-order valence-electron chi connectivity index (χ4n) is 1.97. The van der Waals surface area contributed by atoms with E-state index in [1.54, 1.807) is 4.68 Å². The molecule has 1 aliphatic rings. The molecule has 1 unspecified atom stereocenters. The molecule has 17 heavy (non-hydrogen) atoms. The SMILES string of the molecule is COC(=O)C1COCCN1Cc1cnn(C)c1. The van der Waals surface area contributed by atoms with Gasteiger partial charge in [0.1, 0.15) is 6.04 Å². The number of carbonyl (C=O) groups is 1. The minimum atomic E-state index is -0.311. The lowest BCUT2D eigenvalue weighted by atomic mass is 10.2. The summed E-state index contributed by atoms with van der Waals surface area (Å²) in [6.07, 6.45) is 3.76. The molecular formula is C11H17N3O3. The van der Waals surface area contributed by atoms with Crippen LogP contribution in [0.5, 0.6) is 0 Å². The zero-order chi connectivity index (χ0) is 12.3. The minimum Gasteiger partial charge on any atom is -0.468 e. The van der Waals surface area contributed by atoms with Crippen LogP contribution in [0, 0.1) is 0 Å². The lowest BCUT2D eigenvalue weighted by Gasteiger charge is -2.33. The molecule has 0 aromatic carbocycles. The maximum absolute atomic E-state index is 11.6. The topological polar surface area (TPSA) is 56.6 Å². The molecule has 94 valence electrons. The van der Waals surface area contributed by atoms with Crippen LogP contribution >= 0.6 is 0 Å². The summed E-state index contributed by atoms with van der Waals surface area (Å²) >= 11 is 0. The van der Waals surface area contributed by atoms with Crippen molar-refractivity contribution >= 4 is 5.97 Å². The van der Waals surface area contributed by atoms with E-state index in [2.05, 4.69) is 10.00 Å². The van der Waals surface area contributed by atoms with E-state index in [0.717, 1.165) is 12.1 Å². The zero-order valence-corrected chi connectivity index (χ0v) is 10.1. The van der Waals surface area contributed by atoms with Gasteiger partial charge in [0, 0.05) is 31.9 Å². The van der Waals surface area contributed by atoms with Crippen LogP contribution in [0.3, 0.4) is 0 Å². The molecule has 0 aliphatic carbocycles. The molecule has 1 aromatic rings. The first-order valence-corrected chi connectivity index (χ1v) is 5.58. The molecule has 0 radical (unpaired) electrons. The molecule has 0 amide bonds. The number of ether oxygens (including phenoxy) is 2. The van der Waals surface area contributed by atoms with Crippen molar-refractivity contribution in [3.63, 3.8) is 0 Å². The van der Waals surface area contributed by atoms with Gasteiger partial charge in [0.15, 0.2) is 0 Å². The van der Waals surface area contributed by atoms with E-state index >= 15 is 0 Å². The summed E-state index contributed by atoms with van der Waals surface area (Å²) in [4.78, 5) is 13.7. The van der Waals surface area contributed by atoms with Gasteiger partial charge in [-0.05, 0) is 0 Å². The second kappa shape index (κ2) is 5.29. The Kier molecular flexibility index (Phi) is 3.75. The van der Waals surface area contributed by atoms with Crippen LogP contribution in [-0.4, -0.2) is 53.6 Å². The molecule has 2 rings (SSSR count). The summed E-state index contributed by atoms with van der Waals surface area (Å²) in [5.74, 6) is -0.242. The number of aromatic nitrogens is 2. The maximum atomic E-state index is 11.6. The Morgan fingerprint density at radius 1 is 1.71 bits per heavy atom. The van der Waals surface area contributed by atoms with Crippen LogP contribution in [0.4, 0.5) is 0 Å². The van der Waals surface area contributed by atoms with E-state index in [9.17, 15) is 4.79 Å². The highest BCUT2D eigenvalue weighted by molar-refractivity contribution is 5.75. The number of rotatable bonds is 3. The molecule has 6 nitrogen and oxygen atoms in total. The molecule has 2 heterocycles. The summed E-state index contributed by atoms with van der Waals surface area (Å²) in [7, 11) is 3.28. The number of esters is 1. The molecular weight excluding hydrogens is 222 g/mol. The van der Waals surface area contributed by atoms with E-state index in [1.165, 1.54) is 7.11 Å². The maximum Gasteiger partial charge on any atom is 0.325 e. The number of methoxy groups -OCH3 is 1. The van der Waals surface area contributed by atoms with Crippen molar-refractivity contribution in [1.82, 2.24) is 14.7 Å². The van der Waals surface area contributed by atoms with E-state index in [-0.39, 0.29) is 12.0 Å². The molecule has 6 heteroatoms. The van der Waals surface area contributed by atoms with Gasteiger partial charge in [0.05, 0.1) is 26.5 Å². The van der Waals surface area contributed by atoms with Gasteiger partial charge in [-0.15, -0.1) is 0 Å². The number of morpholine rings is 1. The highest BCUT2D eigenvalue weighted by atomic mass is 16.5. The summed E-state index contributed by atoms with van der Waals surface area (Å²) in [5, 5.41) is 4.11. The Balaban J connectivity index is 2.03. The van der Waals surface area contributed by atoms with Crippen LogP contribution in [0.2, 0.25) is 0 Å². The molecule has 1 atom stereocenters. The van der Waals surface area contributed by atoms with Crippen molar-refractivity contribution < 1.29 is 14.3 Å². The number of carbonyl (C=O) groups excluding carboxylic acids is 1. The largest absolute Gasteiger partial charge is 0.468 e. The normalized spacial score (nSPS) is 21.4. The second-order valence-corrected chi connectivity index (χ2v) is 4.11. The van der Waals surface area contributed by atoms with E-state index in [0.29, 0.717) is 19.8 Å². The monoisotopic (exact) mass is 239 g/mol. The molecule has 0 bridgehead atoms. The van der Waals surface area contributed by atoms with Gasteiger partial charge in [-0.25, -0.2) is 0 Å². The fourth-order valence-corrected chi connectivity index (χ4v) is 1.97. The van der Waals surface area contributed by atoms with Gasteiger partial charge in [0.2, 0.25) is 0 Å². The Labute approximate surface area is 100 Å². The third-order valence-electron chi connectivity index (χ3n) is 2.86. The second-order valence-electron chi connectivity index (χ2n) is 4.11. The Morgan fingerprint density at radius 2 is 2.53 bits per heavy atom. The summed E-state index contributed by atoms with van der Waals surface area (Å²) in [5.41, 5.74) is 1.09. The summed E-state index contributed by atoms with van der Waals surface area (Å²) in [6, 6.07) is -0.311. The lowest BCUT2D eigenvalue weighted by Crippen LogP contribution is -2.49. The molecule has 1 aliphatic heterocycles. The highest BCUT2D eigenvalue weighted by Crippen LogP contribution is 2.12. The number of hydrogen-bond acceptors (Lipinski definition) is 5. The fraction of sp³-hybridized carbons (Fsp3) is 0.636. The first kappa shape index (κ1) is 12.1. The zero-order valence-electron chi connectivity index (χ0n) is 10.1. The van der Waals surface area contributed by atoms with Crippen molar-refractivity contribution in [3.8, 4) is 0 Å². The van der Waals surface area contributed by atoms with Crippen LogP contribution in [0.25, 0.3) is 0 Å². The van der Waals surface area contributed by atoms with E-state index < -0.39 is 0 Å². The predicted molar refractivity (Wildman–Crippen MR) is 60.2 cm³/mol. The summed E-state index contributed by atoms with van der Waals surface area (Å²) in [6.45, 7) is 2.46. The third kappa shape index (κ3) is 2.83. The Bertz CT molecular complexity index is 391. The van der Waals surface area contributed by atoms with Gasteiger partial charge in [-0.2, -0.15) is 5.10 Å². The molecule has 0 N–H and O–H groups in total. The first-order valence-electron chi connectivity index (χ1n) is 5.58. The van der Waals surface area contributed by atoms with E-state index in [4.69, 9.17) is 9.47 Å². The smallest absolute Gasteiger partial charge is 0.325 e. The third-order valence-corrected chi connectivity index (χ3v) is 2.86. The van der Waals surface area contributed by atoms with Crippen molar-refractivity contribution in [2.24, 2.45) is 7.05 Å². The molecule has 1 fully saturated rings. The molecule has 1 aromatic heterocycles. The van der Waals surface area contributed by atoms with Crippen molar-refractivity contribution in [3.05, 3.63) is 18.0 Å². The number of aryl methyl sites for hydroxylation is 1. The Hall–Kier alpha value is -1.40. The molecule has 0 spiro atoms. The highest BCUT2D eigenvalue weighted by Gasteiger charge is 2.30. The van der Waals surface area contributed by atoms with Gasteiger partial charge in [-0.1, -0.05) is 0 Å². The van der Waals surface area contributed by atoms with Crippen molar-refractivity contribution in [1.29, 1.82) is 0 Å². The number of hydrogen-bond donors (Lipinski definition) is 0. The Morgan fingerprint density at radius 3 is 3.18 bits per heavy atom. The average molecular weight is 239 g/mol. The minimum absolute atomic E-state index is 0.242. The van der Waals surface area contributed by atoms with Gasteiger partial charge < -0.3 is 9.47 Å². The van der Waals surface area contributed by atoms with Crippen molar-refractivity contribution in [2.75, 3.05) is 26.9 Å². The van der Waals surface area contributed by atoms with Crippen LogP contribution in [0.1, 0.15) is 5.56 Å². The lowest BCUT2D eigenvalue weighted by molar-refractivity contribution is -0.153. The van der Waals surface area contributed by atoms with Gasteiger partial charge >= 0.3 is 5.97 Å². The predicted octanol–water partition coefficient (Wildman–Crippen LogP) is -0.206.